The molecule has 0 unspecified atom stereocenters. The van der Waals surface area contributed by atoms with Gasteiger partial charge in [0.2, 0.25) is 0 Å². The van der Waals surface area contributed by atoms with E-state index in [0.717, 1.165) is 29.7 Å². The Morgan fingerprint density at radius 2 is 1.76 bits per heavy atom. The average molecular weight is 352 g/mol. The summed E-state index contributed by atoms with van der Waals surface area (Å²) in [6.07, 6.45) is 2.44. The molecular weight excluding hydrogens is 326 g/mol. The molecule has 2 rings (SSSR count). The maximum atomic E-state index is 9.06. The number of rotatable bonds is 2. The Morgan fingerprint density at radius 3 is 2.33 bits per heavy atom. The number of hydrogen-bond acceptors (Lipinski definition) is 3. The van der Waals surface area contributed by atoms with Crippen LogP contribution in [0.1, 0.15) is 37.8 Å². The molecule has 1 aromatic rings. The second-order valence-corrected chi connectivity index (χ2v) is 6.07. The molecule has 1 fully saturated rings. The lowest BCUT2D eigenvalue weighted by molar-refractivity contribution is 0.196. The van der Waals surface area contributed by atoms with E-state index < -0.39 is 0 Å². The van der Waals surface area contributed by atoms with E-state index in [1.807, 2.05) is 26.0 Å². The molecule has 1 saturated heterocycles. The Morgan fingerprint density at radius 1 is 1.14 bits per heavy atom. The van der Waals surface area contributed by atoms with Gasteiger partial charge in [0.05, 0.1) is 5.56 Å². The summed E-state index contributed by atoms with van der Waals surface area (Å²) in [6.45, 7) is 9.59. The van der Waals surface area contributed by atoms with Crippen molar-refractivity contribution >= 4 is 15.9 Å². The van der Waals surface area contributed by atoms with Crippen LogP contribution in [-0.4, -0.2) is 43.0 Å². The van der Waals surface area contributed by atoms with Crippen LogP contribution in [0.5, 0.6) is 0 Å². The summed E-state index contributed by atoms with van der Waals surface area (Å²) < 4.78 is 0.882. The van der Waals surface area contributed by atoms with Crippen LogP contribution < -0.4 is 0 Å². The van der Waals surface area contributed by atoms with E-state index in [2.05, 4.69) is 44.9 Å². The van der Waals surface area contributed by atoms with Gasteiger partial charge in [-0.1, -0.05) is 19.9 Å². The Kier molecular flexibility index (Phi) is 8.60. The lowest BCUT2D eigenvalue weighted by Gasteiger charge is -2.28. The minimum absolute atomic E-state index is 0.726. The van der Waals surface area contributed by atoms with E-state index in [4.69, 9.17) is 5.26 Å². The zero-order valence-electron chi connectivity index (χ0n) is 13.4. The normalized spacial score (nSPS) is 17.1. The highest BCUT2D eigenvalue weighted by atomic mass is 79.9. The number of nitrogens with zero attached hydrogens (tertiary/aromatic N) is 3. The van der Waals surface area contributed by atoms with E-state index in [0.29, 0.717) is 0 Å². The van der Waals surface area contributed by atoms with E-state index in [9.17, 15) is 0 Å². The highest BCUT2D eigenvalue weighted by molar-refractivity contribution is 9.10. The van der Waals surface area contributed by atoms with Crippen molar-refractivity contribution in [3.05, 3.63) is 33.8 Å². The molecule has 0 amide bonds. The highest BCUT2D eigenvalue weighted by Gasteiger charge is 2.11. The Hall–Kier alpha value is -0.890. The largest absolute Gasteiger partial charge is 0.306 e. The Balaban J connectivity index is 0.00000106. The standard InChI is InChI=1S/C15H20BrN3.C2H6/c1-18-6-2-8-19(9-3-7-18)12-13-4-5-15(16)14(10-13)11-17;1-2/h4-5,10H,2-3,6-9,12H2,1H3;1-2H3. The van der Waals surface area contributed by atoms with Gasteiger partial charge in [0.1, 0.15) is 6.07 Å². The van der Waals surface area contributed by atoms with Crippen LogP contribution in [-0.2, 0) is 6.54 Å². The Labute approximate surface area is 137 Å². The number of halogens is 1. The summed E-state index contributed by atoms with van der Waals surface area (Å²) in [5.74, 6) is 0. The van der Waals surface area contributed by atoms with Crippen LogP contribution >= 0.6 is 15.9 Å². The molecule has 4 heteroatoms. The second-order valence-electron chi connectivity index (χ2n) is 5.21. The van der Waals surface area contributed by atoms with Crippen LogP contribution in [0.4, 0.5) is 0 Å². The summed E-state index contributed by atoms with van der Waals surface area (Å²) in [5.41, 5.74) is 1.96. The van der Waals surface area contributed by atoms with E-state index >= 15 is 0 Å². The first-order valence-corrected chi connectivity index (χ1v) is 8.58. The third-order valence-electron chi connectivity index (χ3n) is 3.59. The summed E-state index contributed by atoms with van der Waals surface area (Å²) in [7, 11) is 2.20. The van der Waals surface area contributed by atoms with Crippen molar-refractivity contribution in [2.75, 3.05) is 33.2 Å². The van der Waals surface area contributed by atoms with Crippen molar-refractivity contribution in [1.82, 2.24) is 9.80 Å². The molecule has 0 bridgehead atoms. The predicted molar refractivity (Wildman–Crippen MR) is 92.2 cm³/mol. The third-order valence-corrected chi connectivity index (χ3v) is 4.28. The predicted octanol–water partition coefficient (Wildman–Crippen LogP) is 3.87. The van der Waals surface area contributed by atoms with Gasteiger partial charge in [-0.25, -0.2) is 0 Å². The van der Waals surface area contributed by atoms with Gasteiger partial charge in [-0.15, -0.1) is 0 Å². The van der Waals surface area contributed by atoms with E-state index in [-0.39, 0.29) is 0 Å². The lowest BCUT2D eigenvalue weighted by Crippen LogP contribution is -2.34. The van der Waals surface area contributed by atoms with Gasteiger partial charge in [-0.05, 0) is 79.7 Å². The molecule has 0 saturated carbocycles. The second kappa shape index (κ2) is 9.94. The molecule has 0 aromatic heterocycles. The summed E-state index contributed by atoms with van der Waals surface area (Å²) in [4.78, 5) is 4.90. The van der Waals surface area contributed by atoms with Gasteiger partial charge in [-0.2, -0.15) is 5.26 Å². The fraction of sp³-hybridized carbons (Fsp3) is 0.588. The molecule has 3 nitrogen and oxygen atoms in total. The number of hydrogen-bond donors (Lipinski definition) is 0. The smallest absolute Gasteiger partial charge is 0.100 e. The molecule has 0 N–H and O–H groups in total. The molecule has 116 valence electrons. The third kappa shape index (κ3) is 6.17. The van der Waals surface area contributed by atoms with Gasteiger partial charge < -0.3 is 4.90 Å². The Bertz CT molecular complexity index is 458. The zero-order valence-corrected chi connectivity index (χ0v) is 15.0. The molecule has 1 heterocycles. The first-order valence-electron chi connectivity index (χ1n) is 7.78. The van der Waals surface area contributed by atoms with Crippen LogP contribution in [0.15, 0.2) is 22.7 Å². The van der Waals surface area contributed by atoms with Crippen molar-refractivity contribution in [1.29, 1.82) is 5.26 Å². The number of benzene rings is 1. The molecule has 0 radical (unpaired) electrons. The zero-order chi connectivity index (χ0) is 15.7. The molecule has 0 spiro atoms. The minimum atomic E-state index is 0.726. The first-order chi connectivity index (χ1) is 10.2. The van der Waals surface area contributed by atoms with Crippen LogP contribution in [0, 0.1) is 11.3 Å². The fourth-order valence-corrected chi connectivity index (χ4v) is 2.86. The van der Waals surface area contributed by atoms with Crippen molar-refractivity contribution in [2.45, 2.75) is 33.2 Å². The van der Waals surface area contributed by atoms with Crippen molar-refractivity contribution in [3.63, 3.8) is 0 Å². The van der Waals surface area contributed by atoms with Crippen LogP contribution in [0.25, 0.3) is 0 Å². The molecule has 1 aliphatic heterocycles. The number of nitriles is 1. The van der Waals surface area contributed by atoms with Gasteiger partial charge in [-0.3, -0.25) is 4.90 Å². The molecule has 1 aliphatic rings. The van der Waals surface area contributed by atoms with Gasteiger partial charge in [0, 0.05) is 11.0 Å². The highest BCUT2D eigenvalue weighted by Crippen LogP contribution is 2.18. The van der Waals surface area contributed by atoms with Gasteiger partial charge >= 0.3 is 0 Å². The fourth-order valence-electron chi connectivity index (χ4n) is 2.52. The van der Waals surface area contributed by atoms with Crippen molar-refractivity contribution < 1.29 is 0 Å². The molecule has 21 heavy (non-hydrogen) atoms. The topological polar surface area (TPSA) is 30.3 Å². The average Bonchev–Trinajstić information content (AvgIpc) is 2.48. The quantitative estimate of drug-likeness (QED) is 0.809. The SMILES string of the molecule is CC.CN1CCCN(Cc2ccc(Br)c(C#N)c2)CCC1. The van der Waals surface area contributed by atoms with E-state index in [1.54, 1.807) is 0 Å². The minimum Gasteiger partial charge on any atom is -0.306 e. The molecule has 1 aromatic carbocycles. The van der Waals surface area contributed by atoms with Gasteiger partial charge in [0.15, 0.2) is 0 Å². The van der Waals surface area contributed by atoms with Crippen LogP contribution in [0.2, 0.25) is 0 Å². The van der Waals surface area contributed by atoms with Gasteiger partial charge in [0.25, 0.3) is 0 Å². The van der Waals surface area contributed by atoms with Crippen LogP contribution in [0.3, 0.4) is 0 Å². The first kappa shape index (κ1) is 18.2. The maximum Gasteiger partial charge on any atom is 0.100 e. The summed E-state index contributed by atoms with van der Waals surface area (Å²) in [5, 5.41) is 9.06. The maximum absolute atomic E-state index is 9.06. The summed E-state index contributed by atoms with van der Waals surface area (Å²) in [6, 6.07) is 8.31. The lowest BCUT2D eigenvalue weighted by atomic mass is 10.1. The summed E-state index contributed by atoms with van der Waals surface area (Å²) >= 11 is 3.40. The molecule has 0 aliphatic carbocycles. The van der Waals surface area contributed by atoms with Crippen molar-refractivity contribution in [3.8, 4) is 6.07 Å². The van der Waals surface area contributed by atoms with Crippen molar-refractivity contribution in [2.24, 2.45) is 0 Å². The van der Waals surface area contributed by atoms with E-state index in [1.165, 1.54) is 31.5 Å². The molecule has 0 atom stereocenters. The molecular formula is C17H26BrN3. The monoisotopic (exact) mass is 351 g/mol.